The molecule has 1 saturated heterocycles. The number of rotatable bonds is 14. The van der Waals surface area contributed by atoms with Crippen molar-refractivity contribution < 1.29 is 31.6 Å². The van der Waals surface area contributed by atoms with Crippen LogP contribution in [0.5, 0.6) is 5.75 Å². The second-order valence-electron chi connectivity index (χ2n) is 9.25. The summed E-state index contributed by atoms with van der Waals surface area (Å²) in [4.78, 5) is 14.6. The summed E-state index contributed by atoms with van der Waals surface area (Å²) in [5, 5.41) is 0. The van der Waals surface area contributed by atoms with E-state index in [1.165, 1.54) is 0 Å². The second-order valence-corrected chi connectivity index (χ2v) is 10.8. The number of methoxy groups -OCH3 is 1. The van der Waals surface area contributed by atoms with E-state index in [9.17, 15) is 13.2 Å². The smallest absolute Gasteiger partial charge is 0.411 e. The predicted octanol–water partition coefficient (Wildman–Crippen LogP) is 4.92. The van der Waals surface area contributed by atoms with Gasteiger partial charge in [-0.25, -0.2) is 8.98 Å². The van der Waals surface area contributed by atoms with Crippen molar-refractivity contribution in [3.05, 3.63) is 65.7 Å². The summed E-state index contributed by atoms with van der Waals surface area (Å²) >= 11 is 0. The molecule has 1 aliphatic heterocycles. The van der Waals surface area contributed by atoms with E-state index in [1.807, 2.05) is 54.6 Å². The Bertz CT molecular complexity index is 1170. The Balaban J connectivity index is 1.82. The molecule has 0 N–H and O–H groups in total. The van der Waals surface area contributed by atoms with Crippen molar-refractivity contribution in [2.24, 2.45) is 0 Å². The molecule has 0 aromatic heterocycles. The van der Waals surface area contributed by atoms with Gasteiger partial charge in [0.2, 0.25) is 0 Å². The quantitative estimate of drug-likeness (QED) is 0.190. The molecule has 0 bridgehead atoms. The SMILES string of the molecule is CCCCCCC#C[C@@H](OS(C)(=O)=O)[C@H]1OC(=O)N(Cc2ccc(OC)cc2)[C@H]1COCc1ccccc1. The first-order valence-corrected chi connectivity index (χ1v) is 14.7. The van der Waals surface area contributed by atoms with Gasteiger partial charge in [0, 0.05) is 13.0 Å². The molecule has 38 heavy (non-hydrogen) atoms. The maximum absolute atomic E-state index is 13.0. The Morgan fingerprint density at radius 1 is 1.03 bits per heavy atom. The average Bonchev–Trinajstić information content (AvgIpc) is 3.20. The number of cyclic esters (lactones) is 1. The third-order valence-corrected chi connectivity index (χ3v) is 6.70. The molecule has 0 radical (unpaired) electrons. The van der Waals surface area contributed by atoms with Crippen molar-refractivity contribution in [3.63, 3.8) is 0 Å². The Kier molecular flexibility index (Phi) is 11.5. The van der Waals surface area contributed by atoms with E-state index in [2.05, 4.69) is 18.8 Å². The van der Waals surface area contributed by atoms with Crippen LogP contribution in [0.25, 0.3) is 0 Å². The Morgan fingerprint density at radius 3 is 2.42 bits per heavy atom. The molecule has 0 aliphatic carbocycles. The van der Waals surface area contributed by atoms with Crippen molar-refractivity contribution in [1.82, 2.24) is 4.90 Å². The molecule has 0 spiro atoms. The Hall–Kier alpha value is -3.06. The molecular weight excluding hydrogens is 506 g/mol. The minimum Gasteiger partial charge on any atom is -0.497 e. The average molecular weight is 544 g/mol. The topological polar surface area (TPSA) is 91.4 Å². The molecule has 2 aromatic rings. The van der Waals surface area contributed by atoms with Gasteiger partial charge < -0.3 is 14.2 Å². The summed E-state index contributed by atoms with van der Waals surface area (Å²) in [7, 11) is -2.28. The lowest BCUT2D eigenvalue weighted by Gasteiger charge is -2.27. The highest BCUT2D eigenvalue weighted by Crippen LogP contribution is 2.28. The van der Waals surface area contributed by atoms with Gasteiger partial charge in [0.1, 0.15) is 5.75 Å². The van der Waals surface area contributed by atoms with E-state index >= 15 is 0 Å². The van der Waals surface area contributed by atoms with Crippen molar-refractivity contribution in [2.45, 2.75) is 70.4 Å². The van der Waals surface area contributed by atoms with Crippen LogP contribution in [0, 0.1) is 11.8 Å². The number of carbonyl (C=O) groups is 1. The van der Waals surface area contributed by atoms with Gasteiger partial charge in [0.15, 0.2) is 12.2 Å². The zero-order valence-electron chi connectivity index (χ0n) is 22.3. The summed E-state index contributed by atoms with van der Waals surface area (Å²) in [6.45, 7) is 2.82. The molecule has 3 rings (SSSR count). The van der Waals surface area contributed by atoms with Crippen LogP contribution >= 0.6 is 0 Å². The molecule has 1 fully saturated rings. The molecule has 8 nitrogen and oxygen atoms in total. The number of ether oxygens (including phenoxy) is 3. The van der Waals surface area contributed by atoms with Crippen LogP contribution < -0.4 is 4.74 Å². The van der Waals surface area contributed by atoms with Crippen LogP contribution in [-0.2, 0) is 36.9 Å². The van der Waals surface area contributed by atoms with E-state index in [-0.39, 0.29) is 13.2 Å². The molecule has 3 atom stereocenters. The number of unbranched alkanes of at least 4 members (excludes halogenated alkanes) is 4. The molecule has 1 heterocycles. The lowest BCUT2D eigenvalue weighted by atomic mass is 10.0. The number of amides is 1. The lowest BCUT2D eigenvalue weighted by molar-refractivity contribution is 0.0219. The van der Waals surface area contributed by atoms with Crippen molar-refractivity contribution >= 4 is 16.2 Å². The molecular formula is C29H37NO7S. The summed E-state index contributed by atoms with van der Waals surface area (Å²) in [5.41, 5.74) is 1.84. The number of nitrogens with zero attached hydrogens (tertiary/aromatic N) is 1. The first-order chi connectivity index (χ1) is 18.3. The monoisotopic (exact) mass is 543 g/mol. The first-order valence-electron chi connectivity index (χ1n) is 12.9. The van der Waals surface area contributed by atoms with Crippen molar-refractivity contribution in [3.8, 4) is 17.6 Å². The number of benzene rings is 2. The number of carbonyl (C=O) groups excluding carboxylic acids is 1. The molecule has 2 aromatic carbocycles. The van der Waals surface area contributed by atoms with Gasteiger partial charge >= 0.3 is 6.09 Å². The summed E-state index contributed by atoms with van der Waals surface area (Å²) in [6.07, 6.45) is 3.08. The molecule has 1 amide bonds. The second kappa shape index (κ2) is 14.8. The largest absolute Gasteiger partial charge is 0.497 e. The highest BCUT2D eigenvalue weighted by Gasteiger charge is 2.47. The number of hydrogen-bond donors (Lipinski definition) is 0. The van der Waals surface area contributed by atoms with Crippen LogP contribution in [-0.4, -0.2) is 57.6 Å². The van der Waals surface area contributed by atoms with E-state index in [4.69, 9.17) is 18.4 Å². The fraction of sp³-hybridized carbons (Fsp3) is 0.483. The van der Waals surface area contributed by atoms with Crippen LogP contribution in [0.2, 0.25) is 0 Å². The van der Waals surface area contributed by atoms with E-state index in [1.54, 1.807) is 12.0 Å². The lowest BCUT2D eigenvalue weighted by Crippen LogP contribution is -2.45. The van der Waals surface area contributed by atoms with E-state index in [0.717, 1.165) is 43.1 Å². The fourth-order valence-electron chi connectivity index (χ4n) is 4.17. The highest BCUT2D eigenvalue weighted by molar-refractivity contribution is 7.86. The predicted molar refractivity (Wildman–Crippen MR) is 145 cm³/mol. The molecule has 9 heteroatoms. The summed E-state index contributed by atoms with van der Waals surface area (Å²) in [5.74, 6) is 6.66. The van der Waals surface area contributed by atoms with Gasteiger partial charge in [0.05, 0.1) is 32.6 Å². The van der Waals surface area contributed by atoms with Crippen molar-refractivity contribution in [1.29, 1.82) is 0 Å². The Labute approximate surface area is 226 Å². The van der Waals surface area contributed by atoms with Gasteiger partial charge in [-0.2, -0.15) is 8.42 Å². The standard InChI is InChI=1S/C29H37NO7S/c1-4-5-6-7-8-12-15-27(37-38(3,32)33)28-26(22-35-21-24-13-10-9-11-14-24)30(29(31)36-28)20-23-16-18-25(34-2)19-17-23/h9-11,13-14,16-19,26-28H,4-8,20-22H2,1-3H3/t26-,27+,28-/m0/s1. The van der Waals surface area contributed by atoms with Crippen LogP contribution in [0.15, 0.2) is 54.6 Å². The first kappa shape index (κ1) is 29.5. The van der Waals surface area contributed by atoms with E-state index < -0.39 is 34.5 Å². The molecule has 206 valence electrons. The van der Waals surface area contributed by atoms with Crippen molar-refractivity contribution in [2.75, 3.05) is 20.0 Å². The van der Waals surface area contributed by atoms with Gasteiger partial charge in [-0.05, 0) is 29.7 Å². The highest BCUT2D eigenvalue weighted by atomic mass is 32.2. The zero-order valence-corrected chi connectivity index (χ0v) is 23.1. The fourth-order valence-corrected chi connectivity index (χ4v) is 4.70. The normalized spacial score (nSPS) is 18.0. The number of hydrogen-bond acceptors (Lipinski definition) is 7. The minimum atomic E-state index is -3.87. The van der Waals surface area contributed by atoms with Gasteiger partial charge in [-0.3, -0.25) is 4.90 Å². The van der Waals surface area contributed by atoms with Crippen LogP contribution in [0.3, 0.4) is 0 Å². The summed E-state index contributed by atoms with van der Waals surface area (Å²) in [6, 6.07) is 16.4. The Morgan fingerprint density at radius 2 is 1.76 bits per heavy atom. The molecule has 0 saturated carbocycles. The van der Waals surface area contributed by atoms with Gasteiger partial charge in [-0.1, -0.05) is 74.6 Å². The third-order valence-electron chi connectivity index (χ3n) is 6.14. The molecule has 1 aliphatic rings. The maximum atomic E-state index is 13.0. The van der Waals surface area contributed by atoms with Crippen LogP contribution in [0.1, 0.15) is 50.2 Å². The zero-order chi connectivity index (χ0) is 27.4. The van der Waals surface area contributed by atoms with E-state index in [0.29, 0.717) is 18.8 Å². The van der Waals surface area contributed by atoms with Crippen LogP contribution in [0.4, 0.5) is 4.79 Å². The summed E-state index contributed by atoms with van der Waals surface area (Å²) < 4.78 is 46.5. The maximum Gasteiger partial charge on any atom is 0.411 e. The third kappa shape index (κ3) is 9.35. The van der Waals surface area contributed by atoms with Gasteiger partial charge in [0.25, 0.3) is 10.1 Å². The minimum absolute atomic E-state index is 0.114. The molecule has 0 unspecified atom stereocenters. The van der Waals surface area contributed by atoms with Gasteiger partial charge in [-0.15, -0.1) is 5.92 Å².